The summed E-state index contributed by atoms with van der Waals surface area (Å²) in [5.74, 6) is -1.13. The van der Waals surface area contributed by atoms with Crippen molar-refractivity contribution in [1.82, 2.24) is 0 Å². The minimum atomic E-state index is -1.23. The van der Waals surface area contributed by atoms with Gasteiger partial charge in [-0.2, -0.15) is 0 Å². The van der Waals surface area contributed by atoms with Gasteiger partial charge in [-0.3, -0.25) is 4.79 Å². The molecule has 0 radical (unpaired) electrons. The number of hydrogen-bond acceptors (Lipinski definition) is 4. The molecule has 0 aliphatic heterocycles. The molecule has 0 aliphatic rings. The van der Waals surface area contributed by atoms with Crippen molar-refractivity contribution in [3.8, 4) is 11.1 Å². The number of carbonyl (C=O) groups is 2. The van der Waals surface area contributed by atoms with Crippen LogP contribution in [0.25, 0.3) is 11.1 Å². The molecule has 0 fully saturated rings. The summed E-state index contributed by atoms with van der Waals surface area (Å²) in [7, 11) is 0. The molecular formula is C16H14Cl3NO3S. The zero-order chi connectivity index (χ0) is 17.9. The van der Waals surface area contributed by atoms with E-state index in [1.165, 1.54) is 11.3 Å². The highest BCUT2D eigenvalue weighted by molar-refractivity contribution is 7.17. The third-order valence-corrected chi connectivity index (χ3v) is 4.80. The summed E-state index contributed by atoms with van der Waals surface area (Å²) in [6.07, 6.45) is 0. The summed E-state index contributed by atoms with van der Waals surface area (Å²) in [5.41, 5.74) is 1.76. The molecule has 1 N–H and O–H groups in total. The van der Waals surface area contributed by atoms with Crippen molar-refractivity contribution in [1.29, 1.82) is 0 Å². The lowest BCUT2D eigenvalue weighted by Gasteiger charge is -2.09. The van der Waals surface area contributed by atoms with Gasteiger partial charge in [0, 0.05) is 15.5 Å². The summed E-state index contributed by atoms with van der Waals surface area (Å²) >= 11 is 18.3. The third kappa shape index (κ3) is 4.22. The SMILES string of the molecule is CCOC(=O)c1c(NC(=O)C(Cl)Cl)sc(C)c1-c1ccc(Cl)cc1. The number of halogens is 3. The molecule has 1 aromatic carbocycles. The van der Waals surface area contributed by atoms with Crippen LogP contribution in [0, 0.1) is 6.92 Å². The van der Waals surface area contributed by atoms with E-state index in [4.69, 9.17) is 39.5 Å². The van der Waals surface area contributed by atoms with Gasteiger partial charge >= 0.3 is 5.97 Å². The molecule has 0 aliphatic carbocycles. The van der Waals surface area contributed by atoms with E-state index in [0.29, 0.717) is 15.6 Å². The number of amides is 1. The van der Waals surface area contributed by atoms with Gasteiger partial charge < -0.3 is 10.1 Å². The van der Waals surface area contributed by atoms with Crippen molar-refractivity contribution in [3.05, 3.63) is 39.7 Å². The average Bonchev–Trinajstić information content (AvgIpc) is 2.84. The minimum absolute atomic E-state index is 0.217. The van der Waals surface area contributed by atoms with E-state index < -0.39 is 16.7 Å². The largest absolute Gasteiger partial charge is 0.462 e. The Morgan fingerprint density at radius 1 is 1.25 bits per heavy atom. The topological polar surface area (TPSA) is 55.4 Å². The van der Waals surface area contributed by atoms with Crippen LogP contribution in [0.1, 0.15) is 22.2 Å². The highest BCUT2D eigenvalue weighted by Gasteiger charge is 2.26. The zero-order valence-corrected chi connectivity index (χ0v) is 15.9. The number of nitrogens with one attached hydrogen (secondary N) is 1. The molecule has 2 aromatic rings. The quantitative estimate of drug-likeness (QED) is 0.542. The number of ether oxygens (including phenoxy) is 1. The lowest BCUT2D eigenvalue weighted by atomic mass is 10.0. The van der Waals surface area contributed by atoms with Gasteiger partial charge in [-0.15, -0.1) is 11.3 Å². The monoisotopic (exact) mass is 405 g/mol. The van der Waals surface area contributed by atoms with Crippen LogP contribution in [0.15, 0.2) is 24.3 Å². The standard InChI is InChI=1S/C16H14Cl3NO3S/c1-3-23-16(22)12-11(9-4-6-10(17)7-5-9)8(2)24-15(12)20-14(21)13(18)19/h4-7,13H,3H2,1-2H3,(H,20,21). The maximum atomic E-state index is 12.4. The molecular weight excluding hydrogens is 393 g/mol. The molecule has 0 atom stereocenters. The number of benzene rings is 1. The molecule has 1 heterocycles. The second-order valence-corrected chi connectivity index (χ2v) is 7.51. The Morgan fingerprint density at radius 2 is 1.88 bits per heavy atom. The summed E-state index contributed by atoms with van der Waals surface area (Å²) in [5, 5.41) is 3.52. The van der Waals surface area contributed by atoms with Crippen molar-refractivity contribution in [2.45, 2.75) is 18.7 Å². The summed E-state index contributed by atoms with van der Waals surface area (Å²) < 4.78 is 5.13. The Labute approximate surface area is 158 Å². The fourth-order valence-electron chi connectivity index (χ4n) is 2.16. The zero-order valence-electron chi connectivity index (χ0n) is 12.9. The van der Waals surface area contributed by atoms with Gasteiger partial charge in [-0.25, -0.2) is 4.79 Å². The van der Waals surface area contributed by atoms with Crippen molar-refractivity contribution in [3.63, 3.8) is 0 Å². The fourth-order valence-corrected chi connectivity index (χ4v) is 3.46. The molecule has 0 spiro atoms. The van der Waals surface area contributed by atoms with E-state index in [1.807, 2.05) is 6.92 Å². The highest BCUT2D eigenvalue weighted by atomic mass is 35.5. The van der Waals surface area contributed by atoms with Crippen LogP contribution in [-0.4, -0.2) is 23.3 Å². The molecule has 0 saturated carbocycles. The van der Waals surface area contributed by atoms with Gasteiger partial charge in [0.1, 0.15) is 10.6 Å². The molecule has 4 nitrogen and oxygen atoms in total. The lowest BCUT2D eigenvalue weighted by Crippen LogP contribution is -2.19. The number of esters is 1. The fraction of sp³-hybridized carbons (Fsp3) is 0.250. The van der Waals surface area contributed by atoms with Gasteiger partial charge in [0.15, 0.2) is 4.84 Å². The van der Waals surface area contributed by atoms with Crippen LogP contribution in [0.2, 0.25) is 5.02 Å². The van der Waals surface area contributed by atoms with E-state index in [1.54, 1.807) is 31.2 Å². The Morgan fingerprint density at radius 3 is 2.42 bits per heavy atom. The maximum absolute atomic E-state index is 12.4. The molecule has 0 saturated heterocycles. The summed E-state index contributed by atoms with van der Waals surface area (Å²) in [4.78, 5) is 23.9. The van der Waals surface area contributed by atoms with Crippen molar-refractivity contribution >= 4 is 63.0 Å². The Kier molecular flexibility index (Phi) is 6.52. The van der Waals surface area contributed by atoms with Crippen LogP contribution in [-0.2, 0) is 9.53 Å². The number of anilines is 1. The van der Waals surface area contributed by atoms with E-state index in [9.17, 15) is 9.59 Å². The number of carbonyl (C=O) groups excluding carboxylic acids is 2. The molecule has 1 aromatic heterocycles. The van der Waals surface area contributed by atoms with E-state index in [-0.39, 0.29) is 12.2 Å². The normalized spacial score (nSPS) is 10.8. The van der Waals surface area contributed by atoms with Gasteiger partial charge in [0.25, 0.3) is 5.91 Å². The molecule has 1 amide bonds. The van der Waals surface area contributed by atoms with Gasteiger partial charge in [-0.1, -0.05) is 46.9 Å². The maximum Gasteiger partial charge on any atom is 0.341 e. The summed E-state index contributed by atoms with van der Waals surface area (Å²) in [6.45, 7) is 3.78. The van der Waals surface area contributed by atoms with Crippen LogP contribution in [0.4, 0.5) is 5.00 Å². The lowest BCUT2D eigenvalue weighted by molar-refractivity contribution is -0.114. The number of aryl methyl sites for hydroxylation is 1. The Bertz CT molecular complexity index is 757. The third-order valence-electron chi connectivity index (χ3n) is 3.13. The first kappa shape index (κ1) is 19.1. The van der Waals surface area contributed by atoms with Crippen LogP contribution >= 0.6 is 46.1 Å². The first-order valence-corrected chi connectivity index (χ1v) is 9.07. The summed E-state index contributed by atoms with van der Waals surface area (Å²) in [6, 6.07) is 7.07. The molecule has 128 valence electrons. The molecule has 24 heavy (non-hydrogen) atoms. The first-order chi connectivity index (χ1) is 11.3. The van der Waals surface area contributed by atoms with Crippen LogP contribution < -0.4 is 5.32 Å². The molecule has 0 bridgehead atoms. The predicted octanol–water partition coefficient (Wildman–Crippen LogP) is 5.30. The van der Waals surface area contributed by atoms with Gasteiger partial charge in [0.2, 0.25) is 0 Å². The molecule has 8 heteroatoms. The van der Waals surface area contributed by atoms with Crippen molar-refractivity contribution in [2.75, 3.05) is 11.9 Å². The predicted molar refractivity (Wildman–Crippen MR) is 99.6 cm³/mol. The second-order valence-electron chi connectivity index (χ2n) is 4.75. The van der Waals surface area contributed by atoms with Crippen LogP contribution in [0.3, 0.4) is 0 Å². The van der Waals surface area contributed by atoms with Crippen molar-refractivity contribution in [2.24, 2.45) is 0 Å². The van der Waals surface area contributed by atoms with Crippen LogP contribution in [0.5, 0.6) is 0 Å². The molecule has 2 rings (SSSR count). The smallest absolute Gasteiger partial charge is 0.341 e. The number of alkyl halides is 2. The van der Waals surface area contributed by atoms with Gasteiger partial charge in [0.05, 0.1) is 6.61 Å². The Hall–Kier alpha value is -1.27. The number of rotatable bonds is 5. The minimum Gasteiger partial charge on any atom is -0.462 e. The van der Waals surface area contributed by atoms with E-state index in [0.717, 1.165) is 10.4 Å². The second kappa shape index (κ2) is 8.21. The highest BCUT2D eigenvalue weighted by Crippen LogP contribution is 2.40. The van der Waals surface area contributed by atoms with E-state index in [2.05, 4.69) is 5.32 Å². The number of thiophene rings is 1. The first-order valence-electron chi connectivity index (χ1n) is 7.00. The van der Waals surface area contributed by atoms with Gasteiger partial charge in [-0.05, 0) is 31.5 Å². The number of hydrogen-bond donors (Lipinski definition) is 1. The van der Waals surface area contributed by atoms with E-state index >= 15 is 0 Å². The Balaban J connectivity index is 2.57. The van der Waals surface area contributed by atoms with Crippen molar-refractivity contribution < 1.29 is 14.3 Å². The average molecular weight is 407 g/mol. The molecule has 0 unspecified atom stereocenters.